The summed E-state index contributed by atoms with van der Waals surface area (Å²) in [6.07, 6.45) is 7.76. The summed E-state index contributed by atoms with van der Waals surface area (Å²) in [5.74, 6) is 0.440. The Labute approximate surface area is 196 Å². The molecule has 2 N–H and O–H groups in total. The van der Waals surface area contributed by atoms with Crippen LogP contribution in [0.3, 0.4) is 0 Å². The van der Waals surface area contributed by atoms with Crippen LogP contribution in [0.2, 0.25) is 0 Å². The first-order chi connectivity index (χ1) is 13.5. The minimum absolute atomic E-state index is 0. The molecule has 1 aromatic rings. The molecule has 29 heavy (non-hydrogen) atoms. The molecule has 2 aliphatic carbocycles. The van der Waals surface area contributed by atoms with Gasteiger partial charge in [0.15, 0.2) is 0 Å². The van der Waals surface area contributed by atoms with Gasteiger partial charge in [-0.05, 0) is 73.5 Å². The van der Waals surface area contributed by atoms with Crippen molar-refractivity contribution in [1.82, 2.24) is 0 Å². The second-order valence-corrected chi connectivity index (χ2v) is 8.58. The number of aliphatic carboxylic acids is 1. The van der Waals surface area contributed by atoms with Gasteiger partial charge in [-0.15, -0.1) is 0 Å². The van der Waals surface area contributed by atoms with Crippen molar-refractivity contribution < 1.29 is 54.4 Å². The molecule has 0 aliphatic heterocycles. The Kier molecular flexibility index (Phi) is 9.96. The Morgan fingerprint density at radius 3 is 2.79 bits per heavy atom. The van der Waals surface area contributed by atoms with Crippen LogP contribution in [0, 0.1) is 17.8 Å². The normalized spacial score (nSPS) is 26.2. The van der Waals surface area contributed by atoms with Gasteiger partial charge in [0, 0.05) is 0 Å². The molecule has 0 aromatic heterocycles. The summed E-state index contributed by atoms with van der Waals surface area (Å²) in [5, 5.41) is 31.7. The summed E-state index contributed by atoms with van der Waals surface area (Å²) in [4.78, 5) is 10.7. The van der Waals surface area contributed by atoms with Gasteiger partial charge < -0.3 is 24.9 Å². The third-order valence-corrected chi connectivity index (χ3v) is 6.67. The maximum Gasteiger partial charge on any atom is 1.00 e. The van der Waals surface area contributed by atoms with Gasteiger partial charge in [0.1, 0.15) is 12.4 Å². The van der Waals surface area contributed by atoms with E-state index in [1.54, 1.807) is 0 Å². The molecule has 1 saturated carbocycles. The van der Waals surface area contributed by atoms with Crippen LogP contribution in [0.4, 0.5) is 0 Å². The molecule has 0 spiro atoms. The van der Waals surface area contributed by atoms with Crippen molar-refractivity contribution >= 4 is 5.97 Å². The zero-order valence-corrected chi connectivity index (χ0v) is 19.8. The summed E-state index contributed by atoms with van der Waals surface area (Å²) in [6.45, 7) is 1.73. The number of hydrogen-bond donors (Lipinski definition) is 2. The van der Waals surface area contributed by atoms with E-state index >= 15 is 0 Å². The fourth-order valence-electron chi connectivity index (χ4n) is 5.24. The number of carboxylic acid groups (broad SMARTS) is 1. The first-order valence-corrected chi connectivity index (χ1v) is 10.8. The maximum atomic E-state index is 10.7. The van der Waals surface area contributed by atoms with E-state index in [1.165, 1.54) is 5.56 Å². The molecular weight excluding hydrogens is 379 g/mol. The number of aliphatic hydroxyl groups excluding tert-OH is 2. The third kappa shape index (κ3) is 6.44. The second-order valence-electron chi connectivity index (χ2n) is 8.58. The van der Waals surface area contributed by atoms with Crippen molar-refractivity contribution in [2.24, 2.45) is 17.8 Å². The molecule has 2 aliphatic rings. The third-order valence-electron chi connectivity index (χ3n) is 6.67. The molecule has 156 valence electrons. The van der Waals surface area contributed by atoms with Crippen LogP contribution in [0.5, 0.6) is 5.75 Å². The first kappa shape index (κ1) is 24.7. The molecule has 0 saturated heterocycles. The first-order valence-electron chi connectivity index (χ1n) is 10.8. The van der Waals surface area contributed by atoms with Gasteiger partial charge in [0.25, 0.3) is 0 Å². The van der Waals surface area contributed by atoms with Crippen LogP contribution in [0.15, 0.2) is 18.2 Å². The van der Waals surface area contributed by atoms with Crippen molar-refractivity contribution in [2.75, 3.05) is 6.61 Å². The predicted octanol–water partition coefficient (Wildman–Crippen LogP) is -0.747. The number of ether oxygens (including phenoxy) is 1. The van der Waals surface area contributed by atoms with E-state index in [2.05, 4.69) is 13.0 Å². The molecule has 0 radical (unpaired) electrons. The van der Waals surface area contributed by atoms with Crippen molar-refractivity contribution in [3.63, 3.8) is 0 Å². The minimum Gasteiger partial charge on any atom is -0.546 e. The summed E-state index contributed by atoms with van der Waals surface area (Å²) in [7, 11) is 0. The van der Waals surface area contributed by atoms with E-state index in [0.717, 1.165) is 63.4 Å². The van der Waals surface area contributed by atoms with Crippen LogP contribution in [-0.2, 0) is 17.6 Å². The molecule has 1 fully saturated rings. The average molecular weight is 413 g/mol. The van der Waals surface area contributed by atoms with E-state index in [-0.39, 0.29) is 47.7 Å². The van der Waals surface area contributed by atoms with Crippen molar-refractivity contribution in [3.05, 3.63) is 29.3 Å². The maximum absolute atomic E-state index is 10.7. The van der Waals surface area contributed by atoms with Crippen LogP contribution in [0.1, 0.15) is 63.0 Å². The zero-order chi connectivity index (χ0) is 20.1. The SMILES string of the molecule is CCCCC[C@H](O)CC[C@@H]1C2Cc3cccc(OCC(=O)[O-])c3CC2C[C@H]1O.[Na+]. The van der Waals surface area contributed by atoms with Gasteiger partial charge in [-0.1, -0.05) is 38.3 Å². The summed E-state index contributed by atoms with van der Waals surface area (Å²) in [6, 6.07) is 5.80. The van der Waals surface area contributed by atoms with Gasteiger partial charge in [0.2, 0.25) is 0 Å². The molecular formula is C23H33NaO5. The Morgan fingerprint density at radius 2 is 2.07 bits per heavy atom. The van der Waals surface area contributed by atoms with Crippen LogP contribution in [0.25, 0.3) is 0 Å². The van der Waals surface area contributed by atoms with E-state index < -0.39 is 12.6 Å². The molecule has 6 heteroatoms. The monoisotopic (exact) mass is 412 g/mol. The van der Waals surface area contributed by atoms with Crippen molar-refractivity contribution in [2.45, 2.75) is 76.9 Å². The Hall–Kier alpha value is -0.590. The molecule has 0 amide bonds. The van der Waals surface area contributed by atoms with Crippen LogP contribution < -0.4 is 39.4 Å². The molecule has 3 rings (SSSR count). The van der Waals surface area contributed by atoms with E-state index in [4.69, 9.17) is 4.74 Å². The number of aliphatic hydroxyl groups is 2. The summed E-state index contributed by atoms with van der Waals surface area (Å²) < 4.78 is 5.44. The summed E-state index contributed by atoms with van der Waals surface area (Å²) in [5.41, 5.74) is 2.28. The van der Waals surface area contributed by atoms with E-state index in [9.17, 15) is 20.1 Å². The molecule has 5 atom stereocenters. The van der Waals surface area contributed by atoms with Crippen molar-refractivity contribution in [1.29, 1.82) is 0 Å². The zero-order valence-electron chi connectivity index (χ0n) is 17.8. The summed E-state index contributed by atoms with van der Waals surface area (Å²) >= 11 is 0. The number of hydrogen-bond acceptors (Lipinski definition) is 5. The average Bonchev–Trinajstić information content (AvgIpc) is 2.97. The molecule has 0 bridgehead atoms. The van der Waals surface area contributed by atoms with Crippen LogP contribution in [-0.4, -0.2) is 35.0 Å². The second kappa shape index (κ2) is 11.7. The van der Waals surface area contributed by atoms with Crippen molar-refractivity contribution in [3.8, 4) is 5.75 Å². The number of benzene rings is 1. The fraction of sp³-hybridized carbons (Fsp3) is 0.696. The Morgan fingerprint density at radius 1 is 1.28 bits per heavy atom. The van der Waals surface area contributed by atoms with Gasteiger partial charge in [0.05, 0.1) is 18.2 Å². The minimum atomic E-state index is -1.22. The number of carbonyl (C=O) groups excluding carboxylic acids is 1. The van der Waals surface area contributed by atoms with E-state index in [1.807, 2.05) is 12.1 Å². The number of unbranched alkanes of at least 4 members (excludes halogenated alkanes) is 2. The van der Waals surface area contributed by atoms with Gasteiger partial charge in [-0.2, -0.15) is 0 Å². The standard InChI is InChI=1S/C23H34O5.Na/c1-2-3-4-7-17(24)9-10-18-19-11-15-6-5-8-22(28-14-23(26)27)20(15)12-16(19)13-21(18)25;/h5-6,8,16-19,21,24-25H,2-4,7,9-14H2,1H3,(H,26,27);/q;+1/p-1/t16?,17-,18+,19?,21+;/m0./s1. The fourth-order valence-corrected chi connectivity index (χ4v) is 5.24. The number of fused-ring (bicyclic) bond motifs is 2. The van der Waals surface area contributed by atoms with E-state index in [0.29, 0.717) is 17.6 Å². The van der Waals surface area contributed by atoms with Gasteiger partial charge in [-0.3, -0.25) is 0 Å². The molecule has 2 unspecified atom stereocenters. The van der Waals surface area contributed by atoms with Crippen LogP contribution >= 0.6 is 0 Å². The smallest absolute Gasteiger partial charge is 0.546 e. The number of rotatable bonds is 10. The predicted molar refractivity (Wildman–Crippen MR) is 105 cm³/mol. The van der Waals surface area contributed by atoms with Gasteiger partial charge >= 0.3 is 29.6 Å². The number of carboxylic acids is 1. The largest absolute Gasteiger partial charge is 1.00 e. The van der Waals surface area contributed by atoms with Gasteiger partial charge in [-0.25, -0.2) is 0 Å². The Balaban J connectivity index is 0.00000300. The molecule has 1 aromatic carbocycles. The quantitative estimate of drug-likeness (QED) is 0.390. The topological polar surface area (TPSA) is 89.8 Å². The molecule has 0 heterocycles. The number of carbonyl (C=O) groups is 1. The Bertz CT molecular complexity index is 665. The molecule has 5 nitrogen and oxygen atoms in total.